The Hall–Kier alpha value is -6.45. The molecule has 0 unspecified atom stereocenters. The van der Waals surface area contributed by atoms with Crippen LogP contribution in [0.4, 0.5) is 9.59 Å². The Morgan fingerprint density at radius 1 is 0.855 bits per heavy atom. The molecule has 3 aromatic heterocycles. The minimum Gasteiger partial charge on any atom is -0.465 e. The first kappa shape index (κ1) is 36.9. The fourth-order valence-electron chi connectivity index (χ4n) is 7.44. The maximum Gasteiger partial charge on any atom is 0.407 e. The van der Waals surface area contributed by atoms with Gasteiger partial charge in [0.25, 0.3) is 0 Å². The number of likely N-dealkylation sites (N-methyl/N-ethyl adjacent to an activating group) is 1. The summed E-state index contributed by atoms with van der Waals surface area (Å²) in [6.45, 7) is 2.86. The van der Waals surface area contributed by atoms with Crippen molar-refractivity contribution in [2.24, 2.45) is 0 Å². The Balaban J connectivity index is 1.00. The molecule has 4 N–H and O–H groups in total. The van der Waals surface area contributed by atoms with Gasteiger partial charge in [0.05, 0.1) is 49.5 Å². The van der Waals surface area contributed by atoms with Gasteiger partial charge in [-0.25, -0.2) is 19.6 Å². The predicted octanol–water partition coefficient (Wildman–Crippen LogP) is 5.08. The van der Waals surface area contributed by atoms with Gasteiger partial charge in [-0.1, -0.05) is 48.5 Å². The molecule has 16 nitrogen and oxygen atoms in total. The van der Waals surface area contributed by atoms with Gasteiger partial charge in [-0.2, -0.15) is 5.10 Å². The predicted molar refractivity (Wildman–Crippen MR) is 201 cm³/mol. The Labute approximate surface area is 317 Å². The minimum atomic E-state index is -1.18. The van der Waals surface area contributed by atoms with Crippen molar-refractivity contribution in [3.63, 3.8) is 0 Å². The molecule has 2 aliphatic heterocycles. The number of carboxylic acid groups (broad SMARTS) is 1. The quantitative estimate of drug-likeness (QED) is 0.143. The number of likely N-dealkylation sites (tertiary alicyclic amines) is 2. The van der Waals surface area contributed by atoms with Gasteiger partial charge in [0, 0.05) is 32.5 Å². The highest BCUT2D eigenvalue weighted by atomic mass is 16.5. The van der Waals surface area contributed by atoms with Crippen molar-refractivity contribution in [2.45, 2.75) is 63.3 Å². The van der Waals surface area contributed by atoms with Crippen LogP contribution in [0.15, 0.2) is 79.4 Å². The third-order valence-corrected chi connectivity index (χ3v) is 10.5. The number of carbonyl (C=O) groups excluding carboxylic acids is 3. The molecule has 4 atom stereocenters. The summed E-state index contributed by atoms with van der Waals surface area (Å²) in [5.41, 5.74) is 5.64. The van der Waals surface area contributed by atoms with E-state index < -0.39 is 24.3 Å². The van der Waals surface area contributed by atoms with Crippen molar-refractivity contribution in [1.29, 1.82) is 0 Å². The number of aromatic nitrogens is 6. The SMILES string of the molecule is COC(=O)N[C@@H](C)C(=O)N1CCC[C@H]1c1ncc(-c2ccc(-c3ccc(-c4cnc([C@@H]5CCCN5C(=O)[C@H](Cn5cccn5)N(C)C(=O)O)[nH]4)cc3)cc2)[nH]1. The van der Waals surface area contributed by atoms with Crippen molar-refractivity contribution in [1.82, 2.24) is 49.7 Å². The van der Waals surface area contributed by atoms with E-state index >= 15 is 0 Å². The molecule has 0 aliphatic carbocycles. The lowest BCUT2D eigenvalue weighted by Crippen LogP contribution is -2.51. The van der Waals surface area contributed by atoms with E-state index in [0.29, 0.717) is 31.2 Å². The van der Waals surface area contributed by atoms with Crippen LogP contribution in [-0.2, 0) is 20.9 Å². The van der Waals surface area contributed by atoms with Crippen LogP contribution in [0, 0.1) is 0 Å². The molecule has 5 aromatic rings. The number of nitrogens with zero attached hydrogens (tertiary/aromatic N) is 7. The number of rotatable bonds is 11. The van der Waals surface area contributed by atoms with Crippen LogP contribution in [0.2, 0.25) is 0 Å². The van der Waals surface area contributed by atoms with E-state index in [1.807, 2.05) is 36.4 Å². The zero-order valence-corrected chi connectivity index (χ0v) is 30.9. The standard InChI is InChI=1S/C39H44N10O6/c1-24(43-38(52)55-3)36(50)48-19-4-7-31(48)34-40-21-29(44-34)27-13-9-25(10-14-27)26-11-15-28(16-12-26)30-22-41-35(45-30)32-8-5-20-49(32)37(51)33(46(2)39(53)54)23-47-18-6-17-42-47/h6,9-18,21-22,24,31-33H,4-5,7-8,19-20,23H2,1-3H3,(H,40,44)(H,41,45)(H,43,52)(H,53,54)/t24-,31-,32-,33-/m0/s1. The number of ether oxygens (including phenoxy) is 1. The van der Waals surface area contributed by atoms with Gasteiger partial charge in [-0.3, -0.25) is 19.2 Å². The average molecular weight is 749 g/mol. The normalized spacial score (nSPS) is 17.9. The van der Waals surface area contributed by atoms with Gasteiger partial charge in [0.1, 0.15) is 23.7 Å². The molecule has 55 heavy (non-hydrogen) atoms. The minimum absolute atomic E-state index is 0.114. The molecule has 7 rings (SSSR count). The van der Waals surface area contributed by atoms with Crippen molar-refractivity contribution >= 4 is 24.0 Å². The first-order chi connectivity index (χ1) is 26.6. The van der Waals surface area contributed by atoms with E-state index in [9.17, 15) is 24.3 Å². The molecule has 4 amide bonds. The second-order valence-electron chi connectivity index (χ2n) is 13.9. The van der Waals surface area contributed by atoms with Gasteiger partial charge in [-0.15, -0.1) is 0 Å². The molecule has 5 heterocycles. The van der Waals surface area contributed by atoms with Crippen molar-refractivity contribution < 1.29 is 29.0 Å². The number of hydrogen-bond acceptors (Lipinski definition) is 8. The fourth-order valence-corrected chi connectivity index (χ4v) is 7.44. The highest BCUT2D eigenvalue weighted by Crippen LogP contribution is 2.35. The topological polar surface area (TPSA) is 195 Å². The molecule has 16 heteroatoms. The number of hydrogen-bond donors (Lipinski definition) is 4. The van der Waals surface area contributed by atoms with Crippen LogP contribution in [-0.4, -0.2) is 113 Å². The monoisotopic (exact) mass is 748 g/mol. The molecule has 286 valence electrons. The number of H-pyrrole nitrogens is 2. The van der Waals surface area contributed by atoms with E-state index in [4.69, 9.17) is 0 Å². The number of carbonyl (C=O) groups is 4. The molecular weight excluding hydrogens is 704 g/mol. The first-order valence-corrected chi connectivity index (χ1v) is 18.3. The molecule has 0 saturated carbocycles. The Morgan fingerprint density at radius 3 is 1.84 bits per heavy atom. The molecule has 2 aromatic carbocycles. The summed E-state index contributed by atoms with van der Waals surface area (Å²) in [5.74, 6) is 0.911. The molecule has 2 saturated heterocycles. The number of amides is 4. The second kappa shape index (κ2) is 15.9. The van der Waals surface area contributed by atoms with E-state index in [2.05, 4.69) is 47.2 Å². The van der Waals surface area contributed by atoms with Crippen molar-refractivity contribution in [2.75, 3.05) is 27.2 Å². The fraction of sp³-hybridized carbons (Fsp3) is 0.359. The molecule has 2 fully saturated rings. The smallest absolute Gasteiger partial charge is 0.407 e. The Morgan fingerprint density at radius 2 is 1.36 bits per heavy atom. The summed E-state index contributed by atoms with van der Waals surface area (Å²) < 4.78 is 6.21. The number of imidazole rings is 2. The lowest BCUT2D eigenvalue weighted by atomic mass is 10.0. The van der Waals surface area contributed by atoms with Gasteiger partial charge in [-0.05, 0) is 60.9 Å². The maximum absolute atomic E-state index is 13.8. The molecule has 0 radical (unpaired) electrons. The first-order valence-electron chi connectivity index (χ1n) is 18.3. The third-order valence-electron chi connectivity index (χ3n) is 10.5. The number of nitrogens with one attached hydrogen (secondary N) is 3. The summed E-state index contributed by atoms with van der Waals surface area (Å²) in [5, 5.41) is 16.4. The Kier molecular flexibility index (Phi) is 10.7. The van der Waals surface area contributed by atoms with Crippen LogP contribution in [0.3, 0.4) is 0 Å². The highest BCUT2D eigenvalue weighted by molar-refractivity contribution is 5.86. The van der Waals surface area contributed by atoms with Crippen LogP contribution in [0.25, 0.3) is 33.6 Å². The van der Waals surface area contributed by atoms with E-state index in [1.165, 1.54) is 14.2 Å². The number of methoxy groups -OCH3 is 1. The van der Waals surface area contributed by atoms with Gasteiger partial charge in [0.15, 0.2) is 0 Å². The van der Waals surface area contributed by atoms with Gasteiger partial charge in [0.2, 0.25) is 11.8 Å². The summed E-state index contributed by atoms with van der Waals surface area (Å²) in [4.78, 5) is 71.1. The second-order valence-corrected chi connectivity index (χ2v) is 13.9. The highest BCUT2D eigenvalue weighted by Gasteiger charge is 2.39. The zero-order valence-electron chi connectivity index (χ0n) is 30.9. The molecular formula is C39H44N10O6. The summed E-state index contributed by atoms with van der Waals surface area (Å²) in [7, 11) is 2.67. The molecule has 2 aliphatic rings. The zero-order chi connectivity index (χ0) is 38.6. The van der Waals surface area contributed by atoms with E-state index in [-0.39, 0.29) is 30.4 Å². The lowest BCUT2D eigenvalue weighted by molar-refractivity contribution is -0.137. The van der Waals surface area contributed by atoms with Crippen LogP contribution in [0.1, 0.15) is 56.3 Å². The van der Waals surface area contributed by atoms with Crippen LogP contribution in [0.5, 0.6) is 0 Å². The number of benzene rings is 2. The van der Waals surface area contributed by atoms with Gasteiger partial charge >= 0.3 is 12.2 Å². The summed E-state index contributed by atoms with van der Waals surface area (Å²) in [6.07, 6.45) is 8.14. The molecule has 0 bridgehead atoms. The Bertz CT molecular complexity index is 2130. The van der Waals surface area contributed by atoms with Crippen LogP contribution >= 0.6 is 0 Å². The van der Waals surface area contributed by atoms with Crippen molar-refractivity contribution in [3.05, 3.63) is 91.0 Å². The largest absolute Gasteiger partial charge is 0.465 e. The summed E-state index contributed by atoms with van der Waals surface area (Å²) >= 11 is 0. The molecule has 0 spiro atoms. The lowest BCUT2D eigenvalue weighted by Gasteiger charge is -2.31. The van der Waals surface area contributed by atoms with Gasteiger partial charge < -0.3 is 34.9 Å². The van der Waals surface area contributed by atoms with E-state index in [0.717, 1.165) is 57.8 Å². The number of alkyl carbamates (subject to hydrolysis) is 1. The average Bonchev–Trinajstić information content (AvgIpc) is 4.05. The number of aromatic amines is 2. The van der Waals surface area contributed by atoms with Crippen LogP contribution < -0.4 is 5.32 Å². The third kappa shape index (κ3) is 7.79. The van der Waals surface area contributed by atoms with Crippen molar-refractivity contribution in [3.8, 4) is 33.6 Å². The maximum atomic E-state index is 13.8. The summed E-state index contributed by atoms with van der Waals surface area (Å²) in [6, 6.07) is 15.9. The van der Waals surface area contributed by atoms with E-state index in [1.54, 1.807) is 52.3 Å².